The normalized spacial score (nSPS) is 21.3. The van der Waals surface area contributed by atoms with Gasteiger partial charge in [-0.15, -0.1) is 0 Å². The Bertz CT molecular complexity index is 330. The number of carboxylic acid groups (broad SMARTS) is 1. The molecule has 1 aliphatic heterocycles. The van der Waals surface area contributed by atoms with Crippen LogP contribution in [0.4, 0.5) is 0 Å². The molecule has 76 valence electrons. The van der Waals surface area contributed by atoms with E-state index in [0.29, 0.717) is 24.8 Å². The lowest BCUT2D eigenvalue weighted by molar-refractivity contribution is 0.0643. The molecule has 0 amide bonds. The van der Waals surface area contributed by atoms with Crippen LogP contribution in [0.1, 0.15) is 22.9 Å². The zero-order valence-electron chi connectivity index (χ0n) is 7.47. The van der Waals surface area contributed by atoms with Crippen molar-refractivity contribution >= 4 is 5.97 Å². The van der Waals surface area contributed by atoms with Gasteiger partial charge >= 0.3 is 11.9 Å². The summed E-state index contributed by atoms with van der Waals surface area (Å²) >= 11 is 0. The molecular weight excluding hydrogens is 188 g/mol. The summed E-state index contributed by atoms with van der Waals surface area (Å²) in [7, 11) is 0. The minimum Gasteiger partial charge on any atom is -0.474 e. The summed E-state index contributed by atoms with van der Waals surface area (Å²) in [5.41, 5.74) is 0. The molecule has 1 unspecified atom stereocenters. The first-order valence-corrected chi connectivity index (χ1v) is 4.39. The highest BCUT2D eigenvalue weighted by Crippen LogP contribution is 2.16. The van der Waals surface area contributed by atoms with Crippen LogP contribution >= 0.6 is 0 Å². The van der Waals surface area contributed by atoms with Gasteiger partial charge in [0.25, 0.3) is 0 Å². The lowest BCUT2D eigenvalue weighted by Crippen LogP contribution is -2.05. The summed E-state index contributed by atoms with van der Waals surface area (Å²) < 4.78 is 9.72. The molecule has 2 rings (SSSR count). The van der Waals surface area contributed by atoms with Gasteiger partial charge in [-0.2, -0.15) is 4.98 Å². The highest BCUT2D eigenvalue weighted by molar-refractivity contribution is 5.81. The minimum atomic E-state index is -1.19. The van der Waals surface area contributed by atoms with E-state index in [1.807, 2.05) is 0 Å². The van der Waals surface area contributed by atoms with E-state index >= 15 is 0 Å². The van der Waals surface area contributed by atoms with Crippen molar-refractivity contribution < 1.29 is 19.2 Å². The first-order valence-electron chi connectivity index (χ1n) is 4.39. The molecule has 0 aliphatic carbocycles. The van der Waals surface area contributed by atoms with Crippen LogP contribution in [0, 0.1) is 5.92 Å². The van der Waals surface area contributed by atoms with Crippen LogP contribution in [-0.2, 0) is 11.2 Å². The molecular formula is C8H10N2O4. The maximum atomic E-state index is 10.4. The minimum absolute atomic E-state index is 0.348. The topological polar surface area (TPSA) is 85.5 Å². The summed E-state index contributed by atoms with van der Waals surface area (Å²) in [4.78, 5) is 14.2. The average molecular weight is 198 g/mol. The molecule has 0 radical (unpaired) electrons. The molecule has 0 aromatic carbocycles. The maximum Gasteiger partial charge on any atom is 0.394 e. The third-order valence-electron chi connectivity index (χ3n) is 2.15. The van der Waals surface area contributed by atoms with E-state index < -0.39 is 5.97 Å². The van der Waals surface area contributed by atoms with Gasteiger partial charge in [0.15, 0.2) is 5.82 Å². The Labute approximate surface area is 79.9 Å². The van der Waals surface area contributed by atoms with E-state index in [-0.39, 0.29) is 5.89 Å². The quantitative estimate of drug-likeness (QED) is 0.754. The van der Waals surface area contributed by atoms with Gasteiger partial charge in [0, 0.05) is 19.6 Å². The largest absolute Gasteiger partial charge is 0.474 e. The smallest absolute Gasteiger partial charge is 0.394 e. The lowest BCUT2D eigenvalue weighted by atomic mass is 10.1. The second-order valence-electron chi connectivity index (χ2n) is 3.25. The van der Waals surface area contributed by atoms with Crippen molar-refractivity contribution in [2.75, 3.05) is 13.2 Å². The molecule has 1 fully saturated rings. The summed E-state index contributed by atoms with van der Waals surface area (Å²) in [6.45, 7) is 1.45. The highest BCUT2D eigenvalue weighted by Gasteiger charge is 2.20. The molecule has 6 heteroatoms. The van der Waals surface area contributed by atoms with Crippen LogP contribution in [0.5, 0.6) is 0 Å². The van der Waals surface area contributed by atoms with E-state index in [4.69, 9.17) is 9.84 Å². The Morgan fingerprint density at radius 3 is 3.07 bits per heavy atom. The summed E-state index contributed by atoms with van der Waals surface area (Å²) in [6, 6.07) is 0. The Kier molecular flexibility index (Phi) is 2.45. The van der Waals surface area contributed by atoms with Crippen molar-refractivity contribution in [1.82, 2.24) is 10.1 Å². The Morgan fingerprint density at radius 2 is 2.50 bits per heavy atom. The molecule has 6 nitrogen and oxygen atoms in total. The first-order chi connectivity index (χ1) is 6.75. The van der Waals surface area contributed by atoms with Gasteiger partial charge in [-0.1, -0.05) is 5.16 Å². The van der Waals surface area contributed by atoms with Crippen LogP contribution in [0.15, 0.2) is 4.52 Å². The molecule has 0 bridgehead atoms. The van der Waals surface area contributed by atoms with Crippen molar-refractivity contribution in [1.29, 1.82) is 0 Å². The van der Waals surface area contributed by atoms with E-state index in [0.717, 1.165) is 13.0 Å². The zero-order valence-corrected chi connectivity index (χ0v) is 7.47. The van der Waals surface area contributed by atoms with Crippen molar-refractivity contribution in [3.63, 3.8) is 0 Å². The summed E-state index contributed by atoms with van der Waals surface area (Å²) in [5, 5.41) is 12.1. The second-order valence-corrected chi connectivity index (χ2v) is 3.25. The molecule has 1 aromatic heterocycles. The lowest BCUT2D eigenvalue weighted by Gasteiger charge is -2.00. The predicted molar refractivity (Wildman–Crippen MR) is 43.9 cm³/mol. The predicted octanol–water partition coefficient (Wildman–Crippen LogP) is 0.347. The van der Waals surface area contributed by atoms with Crippen LogP contribution in [-0.4, -0.2) is 34.4 Å². The third-order valence-corrected chi connectivity index (χ3v) is 2.15. The molecule has 2 heterocycles. The second kappa shape index (κ2) is 3.75. The maximum absolute atomic E-state index is 10.4. The van der Waals surface area contributed by atoms with Gasteiger partial charge in [0.05, 0.1) is 0 Å². The fourth-order valence-corrected chi connectivity index (χ4v) is 1.43. The van der Waals surface area contributed by atoms with Crippen LogP contribution < -0.4 is 0 Å². The van der Waals surface area contributed by atoms with Crippen LogP contribution in [0.3, 0.4) is 0 Å². The summed E-state index contributed by atoms with van der Waals surface area (Å²) in [5.74, 6) is -0.711. The van der Waals surface area contributed by atoms with Gasteiger partial charge < -0.3 is 14.4 Å². The molecule has 1 N–H and O–H groups in total. The third kappa shape index (κ3) is 1.90. The van der Waals surface area contributed by atoms with Crippen molar-refractivity contribution in [2.45, 2.75) is 12.8 Å². The number of hydrogen-bond donors (Lipinski definition) is 1. The van der Waals surface area contributed by atoms with E-state index in [1.165, 1.54) is 0 Å². The Morgan fingerprint density at radius 1 is 1.64 bits per heavy atom. The number of hydrogen-bond acceptors (Lipinski definition) is 5. The first kappa shape index (κ1) is 9.14. The molecule has 1 saturated heterocycles. The number of nitrogens with zero attached hydrogens (tertiary/aromatic N) is 2. The van der Waals surface area contributed by atoms with Gasteiger partial charge in [0.2, 0.25) is 0 Å². The number of carbonyl (C=O) groups is 1. The van der Waals surface area contributed by atoms with Gasteiger partial charge in [-0.3, -0.25) is 0 Å². The van der Waals surface area contributed by atoms with Crippen molar-refractivity contribution in [3.05, 3.63) is 11.7 Å². The highest BCUT2D eigenvalue weighted by atomic mass is 16.5. The standard InChI is InChI=1S/C8H10N2O4/c11-8(12)7-9-6(10-14-7)3-5-1-2-13-4-5/h5H,1-4H2,(H,11,12). The monoisotopic (exact) mass is 198 g/mol. The number of ether oxygens (including phenoxy) is 1. The van der Waals surface area contributed by atoms with Crippen molar-refractivity contribution in [3.8, 4) is 0 Å². The Balaban J connectivity index is 1.98. The molecule has 1 aromatic rings. The average Bonchev–Trinajstić information content (AvgIpc) is 2.75. The summed E-state index contributed by atoms with van der Waals surface area (Å²) in [6.07, 6.45) is 1.59. The number of carboxylic acids is 1. The zero-order chi connectivity index (χ0) is 9.97. The van der Waals surface area contributed by atoms with E-state index in [2.05, 4.69) is 14.7 Å². The van der Waals surface area contributed by atoms with Crippen molar-refractivity contribution in [2.24, 2.45) is 5.92 Å². The molecule has 0 saturated carbocycles. The van der Waals surface area contributed by atoms with Gasteiger partial charge in [-0.25, -0.2) is 4.79 Å². The van der Waals surface area contributed by atoms with Gasteiger partial charge in [0.1, 0.15) is 0 Å². The van der Waals surface area contributed by atoms with E-state index in [9.17, 15) is 4.79 Å². The number of aromatic carboxylic acids is 1. The molecule has 1 aliphatic rings. The fourth-order valence-electron chi connectivity index (χ4n) is 1.43. The molecule has 0 spiro atoms. The van der Waals surface area contributed by atoms with Gasteiger partial charge in [-0.05, 0) is 12.3 Å². The Hall–Kier alpha value is -1.43. The van der Waals surface area contributed by atoms with E-state index in [1.54, 1.807) is 0 Å². The van der Waals surface area contributed by atoms with Crippen LogP contribution in [0.2, 0.25) is 0 Å². The SMILES string of the molecule is O=C(O)c1nc(CC2CCOC2)no1. The number of rotatable bonds is 3. The fraction of sp³-hybridized carbons (Fsp3) is 0.625. The number of aromatic nitrogens is 2. The molecule has 1 atom stereocenters. The van der Waals surface area contributed by atoms with Crippen LogP contribution in [0.25, 0.3) is 0 Å². The molecule has 14 heavy (non-hydrogen) atoms.